The van der Waals surface area contributed by atoms with E-state index >= 15 is 0 Å². The molecule has 6 nitrogen and oxygen atoms in total. The van der Waals surface area contributed by atoms with Gasteiger partial charge < -0.3 is 25.0 Å². The minimum atomic E-state index is -0.247. The highest BCUT2D eigenvalue weighted by atomic mass is 16.5. The molecule has 2 amide bonds. The van der Waals surface area contributed by atoms with Gasteiger partial charge in [0.15, 0.2) is 0 Å². The zero-order valence-electron chi connectivity index (χ0n) is 16.7. The zero-order valence-corrected chi connectivity index (χ0v) is 16.7. The maximum atomic E-state index is 12.8. The van der Waals surface area contributed by atoms with Crippen molar-refractivity contribution in [1.29, 1.82) is 0 Å². The van der Waals surface area contributed by atoms with E-state index in [4.69, 9.17) is 4.74 Å². The van der Waals surface area contributed by atoms with Crippen molar-refractivity contribution >= 4 is 6.03 Å². The number of likely N-dealkylation sites (N-methyl/N-ethyl adjacent to an activating group) is 1. The molecular weight excluding hydrogens is 330 g/mol. The average molecular weight is 364 g/mol. The number of ether oxygens (including phenoxy) is 1. The van der Waals surface area contributed by atoms with Crippen molar-refractivity contribution in [3.8, 4) is 5.75 Å². The van der Waals surface area contributed by atoms with Crippen molar-refractivity contribution in [2.45, 2.75) is 38.3 Å². The number of methoxy groups -OCH3 is 1. The summed E-state index contributed by atoms with van der Waals surface area (Å²) in [6, 6.07) is 8.00. The van der Waals surface area contributed by atoms with Crippen LogP contribution in [-0.4, -0.2) is 67.4 Å². The number of rotatable bonds is 6. The van der Waals surface area contributed by atoms with E-state index in [9.17, 15) is 9.90 Å². The summed E-state index contributed by atoms with van der Waals surface area (Å²) in [5, 5.41) is 12.5. The van der Waals surface area contributed by atoms with E-state index in [2.05, 4.69) is 24.1 Å². The quantitative estimate of drug-likeness (QED) is 0.815. The summed E-state index contributed by atoms with van der Waals surface area (Å²) in [5.41, 5.74) is 0.887. The van der Waals surface area contributed by atoms with Crippen molar-refractivity contribution in [3.05, 3.63) is 29.8 Å². The molecule has 1 aliphatic heterocycles. The van der Waals surface area contributed by atoms with E-state index in [0.717, 1.165) is 24.2 Å². The van der Waals surface area contributed by atoms with Gasteiger partial charge in [-0.1, -0.05) is 12.1 Å². The number of piperidine rings is 1. The van der Waals surface area contributed by atoms with Crippen LogP contribution in [0.2, 0.25) is 0 Å². The number of carbonyl (C=O) groups excluding carboxylic acids is 1. The Morgan fingerprint density at radius 1 is 1.38 bits per heavy atom. The van der Waals surface area contributed by atoms with Gasteiger partial charge in [0, 0.05) is 25.2 Å². The lowest BCUT2D eigenvalue weighted by Crippen LogP contribution is -2.57. The van der Waals surface area contributed by atoms with Crippen LogP contribution in [0.4, 0.5) is 4.79 Å². The number of urea groups is 1. The maximum Gasteiger partial charge on any atom is 0.317 e. The molecule has 0 radical (unpaired) electrons. The van der Waals surface area contributed by atoms with Gasteiger partial charge in [-0.2, -0.15) is 0 Å². The molecule has 2 N–H and O–H groups in total. The third-order valence-corrected chi connectivity index (χ3v) is 5.35. The number of nitrogens with zero attached hydrogens (tertiary/aromatic N) is 2. The van der Waals surface area contributed by atoms with Gasteiger partial charge in [0.1, 0.15) is 5.75 Å². The number of aliphatic hydroxyl groups excluding tert-OH is 1. The topological polar surface area (TPSA) is 65.0 Å². The van der Waals surface area contributed by atoms with E-state index in [-0.39, 0.29) is 30.1 Å². The summed E-state index contributed by atoms with van der Waals surface area (Å²) < 4.78 is 5.22. The lowest BCUT2D eigenvalue weighted by molar-refractivity contribution is 0.0527. The summed E-state index contributed by atoms with van der Waals surface area (Å²) in [5.74, 6) is 1.10. The third-order valence-electron chi connectivity index (χ3n) is 5.35. The Balaban J connectivity index is 2.00. The highest BCUT2D eigenvalue weighted by Gasteiger charge is 2.37. The zero-order chi connectivity index (χ0) is 19.3. The van der Waals surface area contributed by atoms with Gasteiger partial charge in [0.2, 0.25) is 0 Å². The molecule has 2 atom stereocenters. The monoisotopic (exact) mass is 363 g/mol. The van der Waals surface area contributed by atoms with Crippen LogP contribution < -0.4 is 10.1 Å². The van der Waals surface area contributed by atoms with Gasteiger partial charge in [-0.25, -0.2) is 4.79 Å². The number of amides is 2. The predicted molar refractivity (Wildman–Crippen MR) is 103 cm³/mol. The number of nitrogens with one attached hydrogen (secondary N) is 1. The number of likely N-dealkylation sites (tertiary alicyclic amines) is 1. The summed E-state index contributed by atoms with van der Waals surface area (Å²) in [6.07, 6.45) is 1.68. The van der Waals surface area contributed by atoms with Gasteiger partial charge in [0.25, 0.3) is 0 Å². The second-order valence-corrected chi connectivity index (χ2v) is 7.94. The van der Waals surface area contributed by atoms with E-state index in [0.29, 0.717) is 13.1 Å². The molecule has 0 aliphatic carbocycles. The predicted octanol–water partition coefficient (Wildman–Crippen LogP) is 2.49. The van der Waals surface area contributed by atoms with Crippen LogP contribution in [-0.2, 0) is 0 Å². The molecule has 26 heavy (non-hydrogen) atoms. The Bertz CT molecular complexity index is 586. The number of carbonyl (C=O) groups is 1. The summed E-state index contributed by atoms with van der Waals surface area (Å²) in [4.78, 5) is 16.8. The molecule has 1 heterocycles. The first kappa shape index (κ1) is 20.5. The summed E-state index contributed by atoms with van der Waals surface area (Å²) >= 11 is 0. The van der Waals surface area contributed by atoms with E-state index < -0.39 is 0 Å². The smallest absolute Gasteiger partial charge is 0.317 e. The highest BCUT2D eigenvalue weighted by Crippen LogP contribution is 2.31. The van der Waals surface area contributed by atoms with Gasteiger partial charge in [-0.3, -0.25) is 0 Å². The molecule has 0 spiro atoms. The van der Waals surface area contributed by atoms with E-state index in [1.54, 1.807) is 7.11 Å². The Labute approximate surface area is 157 Å². The number of aliphatic hydroxyl groups is 1. The average Bonchev–Trinajstić information content (AvgIpc) is 2.61. The minimum absolute atomic E-state index is 0.0354. The fourth-order valence-corrected chi connectivity index (χ4v) is 3.77. The lowest BCUT2D eigenvalue weighted by atomic mass is 9.83. The van der Waals surface area contributed by atoms with Crippen LogP contribution in [0.15, 0.2) is 24.3 Å². The fourth-order valence-electron chi connectivity index (χ4n) is 3.77. The molecule has 1 aliphatic rings. The normalized spacial score (nSPS) is 20.7. The Morgan fingerprint density at radius 3 is 2.54 bits per heavy atom. The highest BCUT2D eigenvalue weighted by molar-refractivity contribution is 5.75. The number of hydrogen-bond acceptors (Lipinski definition) is 4. The molecule has 1 fully saturated rings. The molecule has 2 rings (SSSR count). The van der Waals surface area contributed by atoms with E-state index in [1.165, 1.54) is 0 Å². The molecule has 1 saturated heterocycles. The van der Waals surface area contributed by atoms with Crippen molar-refractivity contribution in [1.82, 2.24) is 15.1 Å². The van der Waals surface area contributed by atoms with Gasteiger partial charge in [-0.15, -0.1) is 0 Å². The Kier molecular flexibility index (Phi) is 6.89. The number of hydrogen-bond donors (Lipinski definition) is 2. The van der Waals surface area contributed by atoms with Gasteiger partial charge in [0.05, 0.1) is 13.2 Å². The Morgan fingerprint density at radius 2 is 2.04 bits per heavy atom. The molecule has 2 unspecified atom stereocenters. The first-order valence-electron chi connectivity index (χ1n) is 9.25. The van der Waals surface area contributed by atoms with Crippen LogP contribution >= 0.6 is 0 Å². The standard InChI is InChI=1S/C20H33N3O3/c1-20(2)12-15(14-24)10-11-23(20)19(25)21-13-18(22(3)4)16-6-8-17(26-5)9-7-16/h6-9,15,18,24H,10-14H2,1-5H3,(H,21,25). The van der Waals surface area contributed by atoms with Crippen LogP contribution in [0.25, 0.3) is 0 Å². The third kappa shape index (κ3) is 4.89. The maximum absolute atomic E-state index is 12.8. The molecule has 1 aromatic carbocycles. The molecule has 0 bridgehead atoms. The molecular formula is C20H33N3O3. The SMILES string of the molecule is COc1ccc(C(CNC(=O)N2CCC(CO)CC2(C)C)N(C)C)cc1. The molecule has 146 valence electrons. The van der Waals surface area contributed by atoms with Crippen molar-refractivity contribution in [2.75, 3.05) is 40.9 Å². The van der Waals surface area contributed by atoms with Crippen molar-refractivity contribution < 1.29 is 14.6 Å². The van der Waals surface area contributed by atoms with Crippen LogP contribution in [0, 0.1) is 5.92 Å². The van der Waals surface area contributed by atoms with Crippen LogP contribution in [0.3, 0.4) is 0 Å². The first-order chi connectivity index (χ1) is 12.3. The second-order valence-electron chi connectivity index (χ2n) is 7.94. The molecule has 0 aromatic heterocycles. The molecule has 0 saturated carbocycles. The molecule has 6 heteroatoms. The molecule has 1 aromatic rings. The second kappa shape index (κ2) is 8.73. The number of benzene rings is 1. The van der Waals surface area contributed by atoms with Gasteiger partial charge in [-0.05, 0) is 64.4 Å². The van der Waals surface area contributed by atoms with Gasteiger partial charge >= 0.3 is 6.03 Å². The fraction of sp³-hybridized carbons (Fsp3) is 0.650. The largest absolute Gasteiger partial charge is 0.497 e. The minimum Gasteiger partial charge on any atom is -0.497 e. The lowest BCUT2D eigenvalue weighted by Gasteiger charge is -2.45. The van der Waals surface area contributed by atoms with Crippen molar-refractivity contribution in [2.24, 2.45) is 5.92 Å². The van der Waals surface area contributed by atoms with E-state index in [1.807, 2.05) is 43.3 Å². The van der Waals surface area contributed by atoms with Crippen LogP contribution in [0.5, 0.6) is 5.75 Å². The summed E-state index contributed by atoms with van der Waals surface area (Å²) in [6.45, 7) is 5.55. The van der Waals surface area contributed by atoms with Crippen LogP contribution in [0.1, 0.15) is 38.3 Å². The van der Waals surface area contributed by atoms with Crippen molar-refractivity contribution in [3.63, 3.8) is 0 Å². The Hall–Kier alpha value is -1.79. The first-order valence-corrected chi connectivity index (χ1v) is 9.25. The summed E-state index contributed by atoms with van der Waals surface area (Å²) in [7, 11) is 5.68.